The van der Waals surface area contributed by atoms with E-state index in [0.717, 1.165) is 10.1 Å². The maximum Gasteiger partial charge on any atom is 0.101 e. The molecule has 0 aliphatic rings. The number of benzene rings is 1. The SMILES string of the molecule is N#Cc1csc2cc(Cl)c(N)cc12. The maximum absolute atomic E-state index is 8.77. The molecular weight excluding hydrogens is 204 g/mol. The van der Waals surface area contributed by atoms with Crippen molar-refractivity contribution in [2.45, 2.75) is 0 Å². The van der Waals surface area contributed by atoms with Crippen molar-refractivity contribution in [2.24, 2.45) is 0 Å². The van der Waals surface area contributed by atoms with Crippen molar-refractivity contribution >= 4 is 38.7 Å². The van der Waals surface area contributed by atoms with Gasteiger partial charge in [-0.1, -0.05) is 11.6 Å². The third-order valence-electron chi connectivity index (χ3n) is 1.81. The lowest BCUT2D eigenvalue weighted by Gasteiger charge is -1.97. The van der Waals surface area contributed by atoms with Crippen LogP contribution in [-0.4, -0.2) is 0 Å². The molecule has 2 N–H and O–H groups in total. The van der Waals surface area contributed by atoms with Gasteiger partial charge in [-0.15, -0.1) is 11.3 Å². The molecule has 4 heteroatoms. The van der Waals surface area contributed by atoms with Gasteiger partial charge in [0.05, 0.1) is 16.3 Å². The van der Waals surface area contributed by atoms with Gasteiger partial charge in [0.15, 0.2) is 0 Å². The quantitative estimate of drug-likeness (QED) is 0.677. The normalized spacial score (nSPS) is 10.2. The topological polar surface area (TPSA) is 49.8 Å². The average Bonchev–Trinajstić information content (AvgIpc) is 2.48. The van der Waals surface area contributed by atoms with Crippen LogP contribution in [0.5, 0.6) is 0 Å². The molecule has 64 valence electrons. The monoisotopic (exact) mass is 208 g/mol. The minimum atomic E-state index is 0.518. The summed E-state index contributed by atoms with van der Waals surface area (Å²) in [5.74, 6) is 0. The molecule has 0 unspecified atom stereocenters. The van der Waals surface area contributed by atoms with Crippen LogP contribution in [-0.2, 0) is 0 Å². The minimum Gasteiger partial charge on any atom is -0.398 e. The number of anilines is 1. The molecule has 0 saturated heterocycles. The van der Waals surface area contributed by atoms with Gasteiger partial charge in [-0.2, -0.15) is 5.26 Å². The molecule has 1 aromatic carbocycles. The molecule has 0 aliphatic carbocycles. The van der Waals surface area contributed by atoms with E-state index in [1.54, 1.807) is 17.5 Å². The van der Waals surface area contributed by atoms with Gasteiger partial charge < -0.3 is 5.73 Å². The number of nitrogens with zero attached hydrogens (tertiary/aromatic N) is 1. The number of fused-ring (bicyclic) bond motifs is 1. The fraction of sp³-hybridized carbons (Fsp3) is 0. The van der Waals surface area contributed by atoms with E-state index in [9.17, 15) is 0 Å². The molecule has 0 radical (unpaired) electrons. The third kappa shape index (κ3) is 1.24. The van der Waals surface area contributed by atoms with Crippen molar-refractivity contribution in [3.05, 3.63) is 28.1 Å². The van der Waals surface area contributed by atoms with Crippen molar-refractivity contribution in [3.63, 3.8) is 0 Å². The van der Waals surface area contributed by atoms with Crippen LogP contribution in [0.1, 0.15) is 5.56 Å². The second-order valence-corrected chi connectivity index (χ2v) is 3.95. The second-order valence-electron chi connectivity index (χ2n) is 2.63. The van der Waals surface area contributed by atoms with Gasteiger partial charge in [-0.25, -0.2) is 0 Å². The lowest BCUT2D eigenvalue weighted by Crippen LogP contribution is -1.85. The number of nitriles is 1. The number of rotatable bonds is 0. The standard InChI is InChI=1S/C9H5ClN2S/c10-7-2-9-6(1-8(7)12)5(3-11)4-13-9/h1-2,4H,12H2. The summed E-state index contributed by atoms with van der Waals surface area (Å²) < 4.78 is 0.996. The summed E-state index contributed by atoms with van der Waals surface area (Å²) >= 11 is 7.34. The van der Waals surface area contributed by atoms with E-state index in [2.05, 4.69) is 6.07 Å². The van der Waals surface area contributed by atoms with Gasteiger partial charge in [-0.3, -0.25) is 0 Å². The molecule has 0 fully saturated rings. The summed E-state index contributed by atoms with van der Waals surface area (Å²) in [6.45, 7) is 0. The molecule has 13 heavy (non-hydrogen) atoms. The summed E-state index contributed by atoms with van der Waals surface area (Å²) in [6.07, 6.45) is 0. The first-order valence-corrected chi connectivity index (χ1v) is 4.84. The van der Waals surface area contributed by atoms with Crippen molar-refractivity contribution in [1.29, 1.82) is 5.26 Å². The van der Waals surface area contributed by atoms with E-state index in [1.807, 2.05) is 0 Å². The number of hydrogen-bond acceptors (Lipinski definition) is 3. The Morgan fingerprint density at radius 3 is 2.92 bits per heavy atom. The minimum absolute atomic E-state index is 0.518. The molecule has 0 saturated carbocycles. The Balaban J connectivity index is 2.86. The van der Waals surface area contributed by atoms with Gasteiger partial charge in [0.25, 0.3) is 0 Å². The zero-order valence-corrected chi connectivity index (χ0v) is 8.12. The van der Waals surface area contributed by atoms with Crippen LogP contribution in [0.2, 0.25) is 5.02 Å². The smallest absolute Gasteiger partial charge is 0.101 e. The molecule has 0 aliphatic heterocycles. The Morgan fingerprint density at radius 1 is 1.46 bits per heavy atom. The Morgan fingerprint density at radius 2 is 2.23 bits per heavy atom. The highest BCUT2D eigenvalue weighted by Crippen LogP contribution is 2.31. The highest BCUT2D eigenvalue weighted by Gasteiger charge is 2.05. The van der Waals surface area contributed by atoms with Crippen molar-refractivity contribution in [2.75, 3.05) is 5.73 Å². The van der Waals surface area contributed by atoms with Crippen LogP contribution < -0.4 is 5.73 Å². The number of nitrogen functional groups attached to an aromatic ring is 1. The molecule has 1 heterocycles. The third-order valence-corrected chi connectivity index (χ3v) is 3.09. The predicted octanol–water partition coefficient (Wildman–Crippen LogP) is 3.01. The fourth-order valence-electron chi connectivity index (χ4n) is 1.15. The van der Waals surface area contributed by atoms with Crippen LogP contribution >= 0.6 is 22.9 Å². The summed E-state index contributed by atoms with van der Waals surface area (Å²) in [4.78, 5) is 0. The maximum atomic E-state index is 8.77. The summed E-state index contributed by atoms with van der Waals surface area (Å²) in [5, 5.41) is 12.0. The van der Waals surface area contributed by atoms with Crippen LogP contribution in [0.15, 0.2) is 17.5 Å². The molecule has 0 amide bonds. The summed E-state index contributed by atoms with van der Waals surface area (Å²) in [6, 6.07) is 5.64. The summed E-state index contributed by atoms with van der Waals surface area (Å²) in [5.41, 5.74) is 6.81. The fourth-order valence-corrected chi connectivity index (χ4v) is 2.29. The van der Waals surface area contributed by atoms with Gasteiger partial charge in [0.1, 0.15) is 6.07 Å². The van der Waals surface area contributed by atoms with Gasteiger partial charge >= 0.3 is 0 Å². The molecule has 2 aromatic rings. The average molecular weight is 209 g/mol. The zero-order valence-electron chi connectivity index (χ0n) is 6.54. The van der Waals surface area contributed by atoms with E-state index < -0.39 is 0 Å². The molecule has 0 atom stereocenters. The molecule has 2 rings (SSSR count). The van der Waals surface area contributed by atoms with Crippen molar-refractivity contribution < 1.29 is 0 Å². The molecular formula is C9H5ClN2S. The first kappa shape index (κ1) is 8.36. The van der Waals surface area contributed by atoms with Gasteiger partial charge in [-0.05, 0) is 12.1 Å². The zero-order chi connectivity index (χ0) is 9.42. The second kappa shape index (κ2) is 2.91. The van der Waals surface area contributed by atoms with Crippen LogP contribution in [0, 0.1) is 11.3 Å². The Bertz CT molecular complexity index is 510. The predicted molar refractivity (Wildman–Crippen MR) is 56.0 cm³/mol. The largest absolute Gasteiger partial charge is 0.398 e. The van der Waals surface area contributed by atoms with Crippen molar-refractivity contribution in [3.8, 4) is 6.07 Å². The molecule has 0 spiro atoms. The van der Waals surface area contributed by atoms with E-state index in [0.29, 0.717) is 16.3 Å². The number of thiophene rings is 1. The lowest BCUT2D eigenvalue weighted by molar-refractivity contribution is 1.52. The van der Waals surface area contributed by atoms with E-state index in [1.165, 1.54) is 11.3 Å². The van der Waals surface area contributed by atoms with E-state index in [-0.39, 0.29) is 0 Å². The lowest BCUT2D eigenvalue weighted by atomic mass is 10.2. The van der Waals surface area contributed by atoms with Crippen LogP contribution in [0.25, 0.3) is 10.1 Å². The molecule has 2 nitrogen and oxygen atoms in total. The van der Waals surface area contributed by atoms with Gasteiger partial charge in [0, 0.05) is 15.5 Å². The Labute approximate surface area is 84.2 Å². The first-order valence-electron chi connectivity index (χ1n) is 3.58. The van der Waals surface area contributed by atoms with Gasteiger partial charge in [0.2, 0.25) is 0 Å². The van der Waals surface area contributed by atoms with Crippen LogP contribution in [0.4, 0.5) is 5.69 Å². The van der Waals surface area contributed by atoms with E-state index in [4.69, 9.17) is 22.6 Å². The summed E-state index contributed by atoms with van der Waals surface area (Å²) in [7, 11) is 0. The number of hydrogen-bond donors (Lipinski definition) is 1. The first-order chi connectivity index (χ1) is 6.22. The Hall–Kier alpha value is -1.24. The number of nitrogens with two attached hydrogens (primary N) is 1. The highest BCUT2D eigenvalue weighted by molar-refractivity contribution is 7.17. The van der Waals surface area contributed by atoms with E-state index >= 15 is 0 Å². The molecule has 0 bridgehead atoms. The van der Waals surface area contributed by atoms with Crippen molar-refractivity contribution in [1.82, 2.24) is 0 Å². The molecule has 1 aromatic heterocycles. The Kier molecular flexibility index (Phi) is 1.87. The number of halogens is 1. The highest BCUT2D eigenvalue weighted by atomic mass is 35.5. The van der Waals surface area contributed by atoms with Crippen LogP contribution in [0.3, 0.4) is 0 Å².